The van der Waals surface area contributed by atoms with Crippen LogP contribution in [0.2, 0.25) is 0 Å². The third kappa shape index (κ3) is 6.61. The lowest BCUT2D eigenvalue weighted by Gasteiger charge is -2.38. The summed E-state index contributed by atoms with van der Waals surface area (Å²) >= 11 is 0. The monoisotopic (exact) mass is 460 g/mol. The number of benzene rings is 2. The van der Waals surface area contributed by atoms with Gasteiger partial charge < -0.3 is 0 Å². The van der Waals surface area contributed by atoms with Crippen molar-refractivity contribution in [3.8, 4) is 0 Å². The molecule has 2 aliphatic carbocycles. The second kappa shape index (κ2) is 12.7. The van der Waals surface area contributed by atoms with Gasteiger partial charge in [-0.15, -0.1) is 6.58 Å². The van der Waals surface area contributed by atoms with Gasteiger partial charge in [-0.05, 0) is 111 Å². The van der Waals surface area contributed by atoms with E-state index in [1.165, 1.54) is 76.2 Å². The molecular formula is C33H45F. The lowest BCUT2D eigenvalue weighted by molar-refractivity contribution is 0.141. The van der Waals surface area contributed by atoms with Crippen molar-refractivity contribution >= 4 is 10.8 Å². The molecule has 0 aromatic heterocycles. The Labute approximate surface area is 207 Å². The highest BCUT2D eigenvalue weighted by Crippen LogP contribution is 2.43. The van der Waals surface area contributed by atoms with E-state index < -0.39 is 0 Å². The number of allylic oxidation sites excluding steroid dienone is 3. The molecule has 0 heterocycles. The molecule has 0 aliphatic heterocycles. The van der Waals surface area contributed by atoms with E-state index >= 15 is 0 Å². The van der Waals surface area contributed by atoms with Gasteiger partial charge in [0.05, 0.1) is 0 Å². The lowest BCUT2D eigenvalue weighted by atomic mass is 9.68. The number of fused-ring (bicyclic) bond motifs is 1. The smallest absolute Gasteiger partial charge is 0.134 e. The van der Waals surface area contributed by atoms with Gasteiger partial charge in [-0.1, -0.05) is 74.2 Å². The van der Waals surface area contributed by atoms with Crippen LogP contribution in [0.4, 0.5) is 4.39 Å². The number of hydrogen-bond donors (Lipinski definition) is 0. The van der Waals surface area contributed by atoms with E-state index in [-0.39, 0.29) is 5.82 Å². The van der Waals surface area contributed by atoms with Gasteiger partial charge in [-0.25, -0.2) is 4.39 Å². The fourth-order valence-electron chi connectivity index (χ4n) is 6.76. The van der Waals surface area contributed by atoms with Crippen LogP contribution in [0.5, 0.6) is 0 Å². The van der Waals surface area contributed by atoms with Gasteiger partial charge in [-0.3, -0.25) is 0 Å². The molecule has 2 aliphatic rings. The Kier molecular flexibility index (Phi) is 9.42. The van der Waals surface area contributed by atoms with Crippen molar-refractivity contribution in [1.29, 1.82) is 0 Å². The third-order valence-electron chi connectivity index (χ3n) is 8.98. The van der Waals surface area contributed by atoms with Crippen LogP contribution in [0, 0.1) is 29.5 Å². The van der Waals surface area contributed by atoms with Crippen LogP contribution >= 0.6 is 0 Å². The molecule has 0 N–H and O–H groups in total. The van der Waals surface area contributed by atoms with Crippen molar-refractivity contribution in [1.82, 2.24) is 0 Å². The summed E-state index contributed by atoms with van der Waals surface area (Å²) in [5, 5.41) is 1.83. The van der Waals surface area contributed by atoms with E-state index in [0.29, 0.717) is 0 Å². The number of hydrogen-bond acceptors (Lipinski definition) is 0. The quantitative estimate of drug-likeness (QED) is 0.309. The summed E-state index contributed by atoms with van der Waals surface area (Å²) < 4.78 is 14.9. The van der Waals surface area contributed by atoms with Gasteiger partial charge in [-0.2, -0.15) is 0 Å². The normalized spacial score (nSPS) is 25.7. The summed E-state index contributed by atoms with van der Waals surface area (Å²) in [7, 11) is 0. The first-order valence-corrected chi connectivity index (χ1v) is 14.1. The van der Waals surface area contributed by atoms with Crippen LogP contribution in [0.3, 0.4) is 0 Å². The van der Waals surface area contributed by atoms with E-state index in [9.17, 15) is 4.39 Å². The molecule has 2 aromatic carbocycles. The zero-order valence-corrected chi connectivity index (χ0v) is 21.4. The van der Waals surface area contributed by atoms with Crippen LogP contribution in [0.15, 0.2) is 55.1 Å². The van der Waals surface area contributed by atoms with Crippen molar-refractivity contribution < 1.29 is 4.39 Å². The molecule has 184 valence electrons. The van der Waals surface area contributed by atoms with Gasteiger partial charge in [0, 0.05) is 5.39 Å². The van der Waals surface area contributed by atoms with E-state index in [0.717, 1.165) is 59.3 Å². The minimum absolute atomic E-state index is 0.0263. The van der Waals surface area contributed by atoms with E-state index in [4.69, 9.17) is 0 Å². The van der Waals surface area contributed by atoms with E-state index in [2.05, 4.69) is 36.9 Å². The molecule has 0 spiro atoms. The second-order valence-electron chi connectivity index (χ2n) is 11.2. The average molecular weight is 461 g/mol. The summed E-state index contributed by atoms with van der Waals surface area (Å²) in [6.07, 6.45) is 24.5. The fourth-order valence-corrected chi connectivity index (χ4v) is 6.76. The molecule has 4 rings (SSSR count). The molecular weight excluding hydrogens is 415 g/mol. The fraction of sp³-hybridized carbons (Fsp3) is 0.576. The molecule has 0 saturated heterocycles. The molecule has 0 radical (unpaired) electrons. The first kappa shape index (κ1) is 25.2. The summed E-state index contributed by atoms with van der Waals surface area (Å²) in [5.41, 5.74) is 2.20. The Morgan fingerprint density at radius 3 is 2.15 bits per heavy atom. The standard InChI is InChI=1S/C33H45F/c1-3-5-7-9-30-21-22-31-24-27(16-23-32(31)33(30)34)11-10-26-14-19-29(20-15-26)28-17-12-25(13-18-28)8-6-4-2/h3-5,16,21-26,28-29H,2,6-15,17-20H2,1H3/b5-3+. The lowest BCUT2D eigenvalue weighted by Crippen LogP contribution is -2.26. The molecule has 0 bridgehead atoms. The molecule has 2 fully saturated rings. The number of rotatable bonds is 10. The largest absolute Gasteiger partial charge is 0.206 e. The van der Waals surface area contributed by atoms with E-state index in [1.807, 2.05) is 25.1 Å². The minimum atomic E-state index is -0.0263. The molecule has 0 atom stereocenters. The Morgan fingerprint density at radius 1 is 0.824 bits per heavy atom. The van der Waals surface area contributed by atoms with Crippen LogP contribution < -0.4 is 0 Å². The highest BCUT2D eigenvalue weighted by Gasteiger charge is 2.30. The molecule has 2 saturated carbocycles. The molecule has 1 heteroatoms. The molecule has 0 nitrogen and oxygen atoms in total. The Balaban J connectivity index is 1.23. The van der Waals surface area contributed by atoms with Crippen molar-refractivity contribution in [2.45, 2.75) is 96.8 Å². The van der Waals surface area contributed by atoms with E-state index in [1.54, 1.807) is 0 Å². The highest BCUT2D eigenvalue weighted by atomic mass is 19.1. The summed E-state index contributed by atoms with van der Waals surface area (Å²) in [6.45, 7) is 5.90. The van der Waals surface area contributed by atoms with Gasteiger partial charge >= 0.3 is 0 Å². The Hall–Kier alpha value is -1.89. The Bertz CT molecular complexity index is 938. The molecule has 34 heavy (non-hydrogen) atoms. The van der Waals surface area contributed by atoms with Gasteiger partial charge in [0.25, 0.3) is 0 Å². The van der Waals surface area contributed by atoms with Crippen molar-refractivity contribution in [2.75, 3.05) is 0 Å². The van der Waals surface area contributed by atoms with Crippen molar-refractivity contribution in [3.63, 3.8) is 0 Å². The first-order valence-electron chi connectivity index (χ1n) is 14.1. The SMILES string of the molecule is C=CCCC1CCC(C2CCC(CCc3ccc4c(F)c(CC/C=C/C)ccc4c3)CC2)CC1. The first-order chi connectivity index (χ1) is 16.7. The van der Waals surface area contributed by atoms with Crippen LogP contribution in [-0.4, -0.2) is 0 Å². The minimum Gasteiger partial charge on any atom is -0.206 e. The van der Waals surface area contributed by atoms with Crippen LogP contribution in [-0.2, 0) is 12.8 Å². The average Bonchev–Trinajstić information content (AvgIpc) is 2.88. The van der Waals surface area contributed by atoms with Gasteiger partial charge in [0.1, 0.15) is 5.82 Å². The predicted octanol–water partition coefficient (Wildman–Crippen LogP) is 10.00. The summed E-state index contributed by atoms with van der Waals surface area (Å²) in [4.78, 5) is 0. The van der Waals surface area contributed by atoms with Gasteiger partial charge in [0.2, 0.25) is 0 Å². The van der Waals surface area contributed by atoms with Crippen LogP contribution in [0.1, 0.15) is 95.1 Å². The predicted molar refractivity (Wildman–Crippen MR) is 146 cm³/mol. The summed E-state index contributed by atoms with van der Waals surface area (Å²) in [5.74, 6) is 3.80. The Morgan fingerprint density at radius 2 is 1.50 bits per heavy atom. The molecule has 2 aromatic rings. The zero-order valence-electron chi connectivity index (χ0n) is 21.4. The van der Waals surface area contributed by atoms with Crippen molar-refractivity contribution in [2.24, 2.45) is 23.7 Å². The summed E-state index contributed by atoms with van der Waals surface area (Å²) in [6, 6.07) is 10.5. The maximum atomic E-state index is 14.9. The highest BCUT2D eigenvalue weighted by molar-refractivity contribution is 5.84. The molecule has 0 unspecified atom stereocenters. The maximum Gasteiger partial charge on any atom is 0.134 e. The topological polar surface area (TPSA) is 0 Å². The number of aryl methyl sites for hydroxylation is 2. The maximum absolute atomic E-state index is 14.9. The third-order valence-corrected chi connectivity index (χ3v) is 8.98. The second-order valence-corrected chi connectivity index (χ2v) is 11.2. The zero-order chi connectivity index (χ0) is 23.8. The van der Waals surface area contributed by atoms with Crippen molar-refractivity contribution in [3.05, 3.63) is 72.1 Å². The number of halogens is 1. The van der Waals surface area contributed by atoms with Crippen LogP contribution in [0.25, 0.3) is 10.8 Å². The molecule has 0 amide bonds. The van der Waals surface area contributed by atoms with Gasteiger partial charge in [0.15, 0.2) is 0 Å².